The molecule has 0 saturated heterocycles. The van der Waals surface area contributed by atoms with E-state index < -0.39 is 9.84 Å². The number of sulfone groups is 1. The molecule has 2 aromatic rings. The lowest BCUT2D eigenvalue weighted by Gasteiger charge is -2.16. The van der Waals surface area contributed by atoms with Gasteiger partial charge >= 0.3 is 0 Å². The summed E-state index contributed by atoms with van der Waals surface area (Å²) >= 11 is 0. The molecule has 7 heteroatoms. The molecule has 0 radical (unpaired) electrons. The molecular weight excluding hydrogens is 300 g/mol. The first-order valence-electron chi connectivity index (χ1n) is 6.94. The quantitative estimate of drug-likeness (QED) is 0.862. The summed E-state index contributed by atoms with van der Waals surface area (Å²) in [7, 11) is 0.667. The third-order valence-electron chi connectivity index (χ3n) is 3.84. The Morgan fingerprint density at radius 2 is 1.86 bits per heavy atom. The van der Waals surface area contributed by atoms with Gasteiger partial charge in [0, 0.05) is 38.5 Å². The van der Waals surface area contributed by atoms with Crippen molar-refractivity contribution in [1.29, 1.82) is 0 Å². The van der Waals surface area contributed by atoms with Crippen molar-refractivity contribution in [3.8, 4) is 0 Å². The van der Waals surface area contributed by atoms with E-state index in [-0.39, 0.29) is 6.04 Å². The van der Waals surface area contributed by atoms with E-state index in [1.807, 2.05) is 43.6 Å². The number of hydrogen-bond donors (Lipinski definition) is 0. The van der Waals surface area contributed by atoms with Crippen LogP contribution >= 0.6 is 0 Å². The molecule has 1 aromatic heterocycles. The second kappa shape index (κ2) is 5.24. The lowest BCUT2D eigenvalue weighted by atomic mass is 10.0. The second-order valence-corrected chi connectivity index (χ2v) is 7.60. The number of nitrogens with zero attached hydrogens (tertiary/aromatic N) is 4. The van der Waals surface area contributed by atoms with Crippen LogP contribution in [0.1, 0.15) is 23.6 Å². The summed E-state index contributed by atoms with van der Waals surface area (Å²) in [5, 5.41) is 10.7. The van der Waals surface area contributed by atoms with Crippen molar-refractivity contribution in [3.05, 3.63) is 47.8 Å². The van der Waals surface area contributed by atoms with E-state index in [9.17, 15) is 8.42 Å². The number of benzene rings is 1. The molecule has 2 heterocycles. The van der Waals surface area contributed by atoms with Gasteiger partial charge in [-0.3, -0.25) is 9.69 Å². The van der Waals surface area contributed by atoms with Gasteiger partial charge in [0.2, 0.25) is 0 Å². The molecule has 1 aromatic carbocycles. The third-order valence-corrected chi connectivity index (χ3v) is 4.97. The molecule has 1 atom stereocenters. The normalized spacial score (nSPS) is 18.6. The molecule has 0 saturated carbocycles. The van der Waals surface area contributed by atoms with Gasteiger partial charge in [0.15, 0.2) is 9.84 Å². The third kappa shape index (κ3) is 2.76. The van der Waals surface area contributed by atoms with Crippen molar-refractivity contribution >= 4 is 15.5 Å². The lowest BCUT2D eigenvalue weighted by Crippen LogP contribution is -2.13. The topological polar surface area (TPSA) is 67.6 Å². The van der Waals surface area contributed by atoms with E-state index in [4.69, 9.17) is 0 Å². The minimum absolute atomic E-state index is 0.165. The van der Waals surface area contributed by atoms with Crippen molar-refractivity contribution in [2.24, 2.45) is 12.1 Å². The van der Waals surface area contributed by atoms with Crippen molar-refractivity contribution in [3.63, 3.8) is 0 Å². The fraction of sp³-hybridized carbons (Fsp3) is 0.333. The molecule has 6 nitrogen and oxygen atoms in total. The highest BCUT2D eigenvalue weighted by molar-refractivity contribution is 7.90. The Hall–Kier alpha value is -2.15. The Balaban J connectivity index is 1.83. The van der Waals surface area contributed by atoms with Gasteiger partial charge in [0.05, 0.1) is 22.8 Å². The molecule has 116 valence electrons. The van der Waals surface area contributed by atoms with Crippen LogP contribution in [0.3, 0.4) is 0 Å². The van der Waals surface area contributed by atoms with E-state index in [0.717, 1.165) is 23.3 Å². The molecule has 0 unspecified atom stereocenters. The minimum atomic E-state index is -3.17. The molecule has 22 heavy (non-hydrogen) atoms. The monoisotopic (exact) mass is 318 g/mol. The Morgan fingerprint density at radius 3 is 2.41 bits per heavy atom. The number of aromatic nitrogens is 2. The highest BCUT2D eigenvalue weighted by Gasteiger charge is 2.27. The van der Waals surface area contributed by atoms with Crippen LogP contribution in [0, 0.1) is 0 Å². The van der Waals surface area contributed by atoms with Crippen LogP contribution in [0.25, 0.3) is 0 Å². The molecule has 0 N–H and O–H groups in total. The average Bonchev–Trinajstić information content (AvgIpc) is 3.04. The van der Waals surface area contributed by atoms with Crippen LogP contribution in [0.4, 0.5) is 0 Å². The van der Waals surface area contributed by atoms with Gasteiger partial charge in [-0.1, -0.05) is 12.1 Å². The SMILES string of the molecule is CN1N=C(c2ccc(S(C)(=O)=O)cc2)C[C@@H]1c1cnn(C)c1. The van der Waals surface area contributed by atoms with Crippen molar-refractivity contribution < 1.29 is 8.42 Å². The zero-order valence-corrected chi connectivity index (χ0v) is 13.6. The number of hydrazone groups is 1. The molecule has 0 bridgehead atoms. The van der Waals surface area contributed by atoms with Gasteiger partial charge in [0.25, 0.3) is 0 Å². The highest BCUT2D eigenvalue weighted by atomic mass is 32.2. The van der Waals surface area contributed by atoms with E-state index in [1.165, 1.54) is 6.26 Å². The first kappa shape index (κ1) is 14.8. The van der Waals surface area contributed by atoms with Crippen LogP contribution in [0.2, 0.25) is 0 Å². The molecule has 3 rings (SSSR count). The van der Waals surface area contributed by atoms with Gasteiger partial charge in [-0.2, -0.15) is 10.2 Å². The molecule has 0 amide bonds. The summed E-state index contributed by atoms with van der Waals surface area (Å²) in [6.45, 7) is 0. The molecule has 0 fully saturated rings. The summed E-state index contributed by atoms with van der Waals surface area (Å²) < 4.78 is 24.8. The number of aryl methyl sites for hydroxylation is 1. The summed E-state index contributed by atoms with van der Waals surface area (Å²) in [5.41, 5.74) is 3.03. The molecule has 0 aliphatic carbocycles. The average molecular weight is 318 g/mol. The van der Waals surface area contributed by atoms with Crippen molar-refractivity contribution in [2.45, 2.75) is 17.4 Å². The molecule has 0 spiro atoms. The van der Waals surface area contributed by atoms with E-state index in [2.05, 4.69) is 10.2 Å². The number of hydrogen-bond acceptors (Lipinski definition) is 5. The largest absolute Gasteiger partial charge is 0.292 e. The standard InChI is InChI=1S/C15H18N4O2S/c1-18-10-12(9-16-18)15-8-14(17-19(15)2)11-4-6-13(7-5-11)22(3,20)21/h4-7,9-10,15H,8H2,1-3H3/t15-/m1/s1. The molecule has 1 aliphatic heterocycles. The maximum absolute atomic E-state index is 11.5. The van der Waals surface area contributed by atoms with Crippen LogP contribution in [-0.4, -0.2) is 42.2 Å². The zero-order valence-electron chi connectivity index (χ0n) is 12.8. The Labute approximate surface area is 130 Å². The van der Waals surface area contributed by atoms with Gasteiger partial charge in [-0.25, -0.2) is 8.42 Å². The Kier molecular flexibility index (Phi) is 3.52. The van der Waals surface area contributed by atoms with E-state index in [1.54, 1.807) is 16.8 Å². The first-order valence-corrected chi connectivity index (χ1v) is 8.83. The maximum atomic E-state index is 11.5. The molecule has 1 aliphatic rings. The van der Waals surface area contributed by atoms with Gasteiger partial charge in [0.1, 0.15) is 0 Å². The Morgan fingerprint density at radius 1 is 1.18 bits per heavy atom. The number of rotatable bonds is 3. The first-order chi connectivity index (χ1) is 10.3. The van der Waals surface area contributed by atoms with Gasteiger partial charge < -0.3 is 0 Å². The summed E-state index contributed by atoms with van der Waals surface area (Å²) in [6, 6.07) is 7.05. The summed E-state index contributed by atoms with van der Waals surface area (Å²) in [5.74, 6) is 0. The second-order valence-electron chi connectivity index (χ2n) is 5.58. The van der Waals surface area contributed by atoms with E-state index >= 15 is 0 Å². The predicted octanol–water partition coefficient (Wildman–Crippen LogP) is 1.60. The zero-order chi connectivity index (χ0) is 15.9. The fourth-order valence-electron chi connectivity index (χ4n) is 2.63. The predicted molar refractivity (Wildman–Crippen MR) is 84.4 cm³/mol. The van der Waals surface area contributed by atoms with Crippen LogP contribution in [0.15, 0.2) is 46.7 Å². The summed E-state index contributed by atoms with van der Waals surface area (Å²) in [4.78, 5) is 0.326. The van der Waals surface area contributed by atoms with Crippen LogP contribution in [0.5, 0.6) is 0 Å². The van der Waals surface area contributed by atoms with Crippen molar-refractivity contribution in [2.75, 3.05) is 13.3 Å². The fourth-order valence-corrected chi connectivity index (χ4v) is 3.26. The van der Waals surface area contributed by atoms with Crippen LogP contribution < -0.4 is 0 Å². The molecular formula is C15H18N4O2S. The smallest absolute Gasteiger partial charge is 0.175 e. The van der Waals surface area contributed by atoms with Crippen molar-refractivity contribution in [1.82, 2.24) is 14.8 Å². The van der Waals surface area contributed by atoms with Gasteiger partial charge in [-0.05, 0) is 17.7 Å². The lowest BCUT2D eigenvalue weighted by molar-refractivity contribution is 0.290. The Bertz CT molecular complexity index is 821. The maximum Gasteiger partial charge on any atom is 0.175 e. The highest BCUT2D eigenvalue weighted by Crippen LogP contribution is 2.31. The van der Waals surface area contributed by atoms with Gasteiger partial charge in [-0.15, -0.1) is 0 Å². The van der Waals surface area contributed by atoms with E-state index in [0.29, 0.717) is 4.90 Å². The van der Waals surface area contributed by atoms with Crippen LogP contribution in [-0.2, 0) is 16.9 Å². The summed E-state index contributed by atoms with van der Waals surface area (Å²) in [6.07, 6.45) is 5.83. The minimum Gasteiger partial charge on any atom is -0.292 e.